The number of ether oxygens (including phenoxy) is 2. The molecule has 0 heterocycles. The summed E-state index contributed by atoms with van der Waals surface area (Å²) in [6.45, 7) is -0.865. The Hall–Kier alpha value is -2.29. The number of alkyl halides is 3. The van der Waals surface area contributed by atoms with Gasteiger partial charge < -0.3 is 19.9 Å². The first-order chi connectivity index (χ1) is 10.3. The highest BCUT2D eigenvalue weighted by atomic mass is 19.4. The van der Waals surface area contributed by atoms with Crippen LogP contribution in [0.3, 0.4) is 0 Å². The van der Waals surface area contributed by atoms with E-state index in [1.807, 2.05) is 0 Å². The molecule has 0 saturated carbocycles. The van der Waals surface area contributed by atoms with Gasteiger partial charge in [-0.15, -0.1) is 0 Å². The Morgan fingerprint density at radius 2 is 1.95 bits per heavy atom. The van der Waals surface area contributed by atoms with Crippen molar-refractivity contribution < 1.29 is 37.3 Å². The Labute approximate surface area is 123 Å². The average Bonchev–Trinajstić information content (AvgIpc) is 2.44. The van der Waals surface area contributed by atoms with E-state index in [9.17, 15) is 22.8 Å². The predicted octanol–water partition coefficient (Wildman–Crippen LogP) is 1.30. The smallest absolute Gasteiger partial charge is 0.416 e. The zero-order chi connectivity index (χ0) is 16.6. The first-order valence-corrected chi connectivity index (χ1v) is 6.15. The standard InChI is InChI=1S/C13H14F3NO5/c14-13(15,16)9-2-1-3-10(6-9)22-7-11(18)17-4-5-21-8-12(19)20/h1-3,6H,4-5,7-8H2,(H,17,18)(H,19,20). The normalized spacial score (nSPS) is 11.0. The van der Waals surface area contributed by atoms with Gasteiger partial charge in [0.2, 0.25) is 0 Å². The van der Waals surface area contributed by atoms with Gasteiger partial charge >= 0.3 is 12.1 Å². The third kappa shape index (κ3) is 6.93. The minimum absolute atomic E-state index is 0.00159. The quantitative estimate of drug-likeness (QED) is 0.705. The van der Waals surface area contributed by atoms with E-state index in [2.05, 4.69) is 10.1 Å². The second kappa shape index (κ2) is 8.23. The number of aliphatic carboxylic acids is 1. The van der Waals surface area contributed by atoms with Gasteiger partial charge in [0.1, 0.15) is 12.4 Å². The van der Waals surface area contributed by atoms with Gasteiger partial charge in [0.25, 0.3) is 5.91 Å². The molecule has 122 valence electrons. The molecule has 0 radical (unpaired) electrons. The molecule has 1 aromatic carbocycles. The fraction of sp³-hybridized carbons (Fsp3) is 0.385. The maximum Gasteiger partial charge on any atom is 0.416 e. The molecule has 0 fully saturated rings. The van der Waals surface area contributed by atoms with Crippen molar-refractivity contribution in [3.63, 3.8) is 0 Å². The van der Waals surface area contributed by atoms with Gasteiger partial charge in [-0.2, -0.15) is 13.2 Å². The Bertz CT molecular complexity index is 519. The van der Waals surface area contributed by atoms with Gasteiger partial charge in [0.05, 0.1) is 12.2 Å². The van der Waals surface area contributed by atoms with E-state index in [1.165, 1.54) is 12.1 Å². The van der Waals surface area contributed by atoms with Gasteiger partial charge in [0, 0.05) is 6.54 Å². The molecular formula is C13H14F3NO5. The summed E-state index contributed by atoms with van der Waals surface area (Å²) < 4.78 is 47.0. The lowest BCUT2D eigenvalue weighted by Gasteiger charge is -2.10. The largest absolute Gasteiger partial charge is 0.484 e. The molecule has 6 nitrogen and oxygen atoms in total. The fourth-order valence-electron chi connectivity index (χ4n) is 1.38. The molecule has 0 aliphatic heterocycles. The number of nitrogens with one attached hydrogen (secondary N) is 1. The third-order valence-corrected chi connectivity index (χ3v) is 2.33. The first kappa shape index (κ1) is 17.8. The number of hydrogen-bond acceptors (Lipinski definition) is 4. The lowest BCUT2D eigenvalue weighted by atomic mass is 10.2. The number of carbonyl (C=O) groups excluding carboxylic acids is 1. The van der Waals surface area contributed by atoms with Crippen molar-refractivity contribution >= 4 is 11.9 Å². The molecule has 0 aliphatic rings. The van der Waals surface area contributed by atoms with Crippen LogP contribution in [-0.4, -0.2) is 43.3 Å². The maximum atomic E-state index is 12.5. The number of hydrogen-bond donors (Lipinski definition) is 2. The summed E-state index contributed by atoms with van der Waals surface area (Å²) in [6.07, 6.45) is -4.48. The first-order valence-electron chi connectivity index (χ1n) is 6.15. The maximum absolute atomic E-state index is 12.5. The monoisotopic (exact) mass is 321 g/mol. The van der Waals surface area contributed by atoms with Crippen LogP contribution >= 0.6 is 0 Å². The highest BCUT2D eigenvalue weighted by Gasteiger charge is 2.30. The van der Waals surface area contributed by atoms with E-state index < -0.39 is 36.8 Å². The minimum atomic E-state index is -4.48. The summed E-state index contributed by atoms with van der Waals surface area (Å²) >= 11 is 0. The van der Waals surface area contributed by atoms with Gasteiger partial charge in [-0.25, -0.2) is 4.79 Å². The Morgan fingerprint density at radius 1 is 1.23 bits per heavy atom. The summed E-state index contributed by atoms with van der Waals surface area (Å²) in [7, 11) is 0. The van der Waals surface area contributed by atoms with Crippen LogP contribution in [-0.2, 0) is 20.5 Å². The summed E-state index contributed by atoms with van der Waals surface area (Å²) in [5.74, 6) is -1.76. The van der Waals surface area contributed by atoms with Crippen molar-refractivity contribution in [2.75, 3.05) is 26.4 Å². The second-order valence-corrected chi connectivity index (χ2v) is 4.11. The van der Waals surface area contributed by atoms with Gasteiger partial charge in [0.15, 0.2) is 6.61 Å². The molecule has 0 saturated heterocycles. The number of carboxylic acids is 1. The van der Waals surface area contributed by atoms with Crippen LogP contribution in [0, 0.1) is 0 Å². The molecule has 0 unspecified atom stereocenters. The zero-order valence-corrected chi connectivity index (χ0v) is 11.4. The molecule has 0 spiro atoms. The van der Waals surface area contributed by atoms with Crippen LogP contribution in [0.5, 0.6) is 5.75 Å². The zero-order valence-electron chi connectivity index (χ0n) is 11.4. The number of carbonyl (C=O) groups is 2. The number of amides is 1. The van der Waals surface area contributed by atoms with Crippen LogP contribution in [0.25, 0.3) is 0 Å². The van der Waals surface area contributed by atoms with Crippen LogP contribution in [0.4, 0.5) is 13.2 Å². The molecule has 9 heteroatoms. The number of halogens is 3. The number of carboxylic acid groups (broad SMARTS) is 1. The summed E-state index contributed by atoms with van der Waals surface area (Å²) in [5, 5.41) is 10.7. The fourth-order valence-corrected chi connectivity index (χ4v) is 1.38. The van der Waals surface area contributed by atoms with Gasteiger partial charge in [-0.05, 0) is 18.2 Å². The highest BCUT2D eigenvalue weighted by Crippen LogP contribution is 2.31. The minimum Gasteiger partial charge on any atom is -0.484 e. The van der Waals surface area contributed by atoms with Crippen molar-refractivity contribution in [3.8, 4) is 5.75 Å². The van der Waals surface area contributed by atoms with Crippen molar-refractivity contribution in [3.05, 3.63) is 29.8 Å². The van der Waals surface area contributed by atoms with Gasteiger partial charge in [-0.1, -0.05) is 6.07 Å². The Balaban J connectivity index is 2.31. The van der Waals surface area contributed by atoms with Crippen molar-refractivity contribution in [1.29, 1.82) is 0 Å². The van der Waals surface area contributed by atoms with Crippen LogP contribution in [0.15, 0.2) is 24.3 Å². The topological polar surface area (TPSA) is 84.9 Å². The molecular weight excluding hydrogens is 307 g/mol. The van der Waals surface area contributed by atoms with Crippen LogP contribution in [0.2, 0.25) is 0 Å². The third-order valence-electron chi connectivity index (χ3n) is 2.33. The Kier molecular flexibility index (Phi) is 6.64. The van der Waals surface area contributed by atoms with Crippen molar-refractivity contribution in [1.82, 2.24) is 5.32 Å². The molecule has 0 atom stereocenters. The van der Waals surface area contributed by atoms with E-state index >= 15 is 0 Å². The van der Waals surface area contributed by atoms with E-state index in [1.54, 1.807) is 0 Å². The van der Waals surface area contributed by atoms with Crippen LogP contribution < -0.4 is 10.1 Å². The SMILES string of the molecule is O=C(O)COCCNC(=O)COc1cccc(C(F)(F)F)c1. The summed E-state index contributed by atoms with van der Waals surface area (Å²) in [4.78, 5) is 21.5. The second-order valence-electron chi connectivity index (χ2n) is 4.11. The predicted molar refractivity (Wildman–Crippen MR) is 68.4 cm³/mol. The van der Waals surface area contributed by atoms with E-state index in [4.69, 9.17) is 9.84 Å². The summed E-state index contributed by atoms with van der Waals surface area (Å²) in [5.41, 5.74) is -0.868. The van der Waals surface area contributed by atoms with E-state index in [0.29, 0.717) is 0 Å². The lowest BCUT2D eigenvalue weighted by Crippen LogP contribution is -2.32. The lowest BCUT2D eigenvalue weighted by molar-refractivity contribution is -0.142. The van der Waals surface area contributed by atoms with Crippen LogP contribution in [0.1, 0.15) is 5.56 Å². The Morgan fingerprint density at radius 3 is 2.59 bits per heavy atom. The molecule has 0 bridgehead atoms. The number of benzene rings is 1. The molecule has 2 N–H and O–H groups in total. The summed E-state index contributed by atoms with van der Waals surface area (Å²) in [6, 6.07) is 4.17. The molecule has 1 aromatic rings. The molecule has 1 amide bonds. The average molecular weight is 321 g/mol. The molecule has 1 rings (SSSR count). The van der Waals surface area contributed by atoms with Gasteiger partial charge in [-0.3, -0.25) is 4.79 Å². The molecule has 22 heavy (non-hydrogen) atoms. The molecule has 0 aromatic heterocycles. The highest BCUT2D eigenvalue weighted by molar-refractivity contribution is 5.77. The number of rotatable bonds is 8. The van der Waals surface area contributed by atoms with E-state index in [0.717, 1.165) is 12.1 Å². The van der Waals surface area contributed by atoms with Crippen molar-refractivity contribution in [2.45, 2.75) is 6.18 Å². The van der Waals surface area contributed by atoms with E-state index in [-0.39, 0.29) is 18.9 Å². The van der Waals surface area contributed by atoms with Crippen molar-refractivity contribution in [2.24, 2.45) is 0 Å². The molecule has 0 aliphatic carbocycles.